The van der Waals surface area contributed by atoms with Crippen molar-refractivity contribution in [2.24, 2.45) is 0 Å². The van der Waals surface area contributed by atoms with Gasteiger partial charge in [-0.2, -0.15) is 0 Å². The highest BCUT2D eigenvalue weighted by molar-refractivity contribution is 5.69. The maximum Gasteiger partial charge on any atom is 0.0633 e. The molecule has 0 aliphatic carbocycles. The second kappa shape index (κ2) is 9.14. The van der Waals surface area contributed by atoms with Crippen molar-refractivity contribution < 1.29 is 0 Å². The fourth-order valence-electron chi connectivity index (χ4n) is 2.53. The van der Waals surface area contributed by atoms with Crippen molar-refractivity contribution in [3.63, 3.8) is 0 Å². The molecule has 1 aromatic heterocycles. The predicted molar refractivity (Wildman–Crippen MR) is 102 cm³/mol. The number of anilines is 1. The SMILES string of the molecule is CCCCCCc1cccc(/C=C/c2ccc(N(C)C)cc2)n1. The van der Waals surface area contributed by atoms with Crippen LogP contribution in [-0.4, -0.2) is 19.1 Å². The molecule has 0 atom stereocenters. The monoisotopic (exact) mass is 308 g/mol. The largest absolute Gasteiger partial charge is 0.378 e. The Morgan fingerprint density at radius 1 is 0.913 bits per heavy atom. The van der Waals surface area contributed by atoms with E-state index in [0.29, 0.717) is 0 Å². The lowest BCUT2D eigenvalue weighted by Gasteiger charge is -2.11. The van der Waals surface area contributed by atoms with Crippen LogP contribution >= 0.6 is 0 Å². The number of nitrogens with zero attached hydrogens (tertiary/aromatic N) is 2. The zero-order chi connectivity index (χ0) is 16.5. The lowest BCUT2D eigenvalue weighted by Crippen LogP contribution is -2.07. The molecule has 0 N–H and O–H groups in total. The predicted octanol–water partition coefficient (Wildman–Crippen LogP) is 5.44. The topological polar surface area (TPSA) is 16.1 Å². The molecule has 0 aliphatic heterocycles. The number of unbranched alkanes of at least 4 members (excludes halogenated alkanes) is 3. The molecule has 2 rings (SSSR count). The van der Waals surface area contributed by atoms with Gasteiger partial charge >= 0.3 is 0 Å². The van der Waals surface area contributed by atoms with Gasteiger partial charge < -0.3 is 4.90 Å². The Morgan fingerprint density at radius 2 is 1.70 bits per heavy atom. The van der Waals surface area contributed by atoms with Crippen LogP contribution in [0.1, 0.15) is 49.6 Å². The minimum atomic E-state index is 1.04. The first kappa shape index (κ1) is 17.3. The molecule has 0 saturated carbocycles. The van der Waals surface area contributed by atoms with E-state index in [1.807, 2.05) is 0 Å². The third-order valence-corrected chi connectivity index (χ3v) is 3.97. The van der Waals surface area contributed by atoms with E-state index < -0.39 is 0 Å². The summed E-state index contributed by atoms with van der Waals surface area (Å²) in [6.45, 7) is 2.24. The van der Waals surface area contributed by atoms with Crippen molar-refractivity contribution in [2.45, 2.75) is 39.0 Å². The maximum absolute atomic E-state index is 4.74. The average Bonchev–Trinajstić information content (AvgIpc) is 2.58. The first-order chi connectivity index (χ1) is 11.2. The van der Waals surface area contributed by atoms with E-state index in [-0.39, 0.29) is 0 Å². The minimum absolute atomic E-state index is 1.04. The van der Waals surface area contributed by atoms with E-state index in [2.05, 4.69) is 80.5 Å². The molecule has 122 valence electrons. The molecule has 1 aromatic carbocycles. The van der Waals surface area contributed by atoms with Crippen LogP contribution in [0.15, 0.2) is 42.5 Å². The molecular formula is C21H28N2. The van der Waals surface area contributed by atoms with Gasteiger partial charge in [0.15, 0.2) is 0 Å². The second-order valence-electron chi connectivity index (χ2n) is 6.18. The zero-order valence-electron chi connectivity index (χ0n) is 14.6. The first-order valence-electron chi connectivity index (χ1n) is 8.60. The van der Waals surface area contributed by atoms with Gasteiger partial charge in [-0.3, -0.25) is 4.98 Å². The Labute approximate surface area is 140 Å². The van der Waals surface area contributed by atoms with E-state index in [9.17, 15) is 0 Å². The number of benzene rings is 1. The number of aromatic nitrogens is 1. The van der Waals surface area contributed by atoms with Gasteiger partial charge in [-0.1, -0.05) is 50.5 Å². The molecular weight excluding hydrogens is 280 g/mol. The molecule has 2 nitrogen and oxygen atoms in total. The van der Waals surface area contributed by atoms with Crippen molar-refractivity contribution in [1.82, 2.24) is 4.98 Å². The second-order valence-corrected chi connectivity index (χ2v) is 6.18. The van der Waals surface area contributed by atoms with Crippen LogP contribution in [0.4, 0.5) is 5.69 Å². The lowest BCUT2D eigenvalue weighted by molar-refractivity contribution is 0.660. The van der Waals surface area contributed by atoms with E-state index in [4.69, 9.17) is 4.98 Å². The van der Waals surface area contributed by atoms with Gasteiger partial charge in [0.1, 0.15) is 0 Å². The Balaban J connectivity index is 1.96. The van der Waals surface area contributed by atoms with E-state index >= 15 is 0 Å². The van der Waals surface area contributed by atoms with Gasteiger partial charge in [-0.15, -0.1) is 0 Å². The van der Waals surface area contributed by atoms with Gasteiger partial charge in [0.25, 0.3) is 0 Å². The fourth-order valence-corrected chi connectivity index (χ4v) is 2.53. The third kappa shape index (κ3) is 5.90. The molecule has 0 spiro atoms. The Bertz CT molecular complexity index is 612. The molecule has 0 aliphatic rings. The Morgan fingerprint density at radius 3 is 2.39 bits per heavy atom. The fraction of sp³-hybridized carbons (Fsp3) is 0.381. The van der Waals surface area contributed by atoms with E-state index in [1.54, 1.807) is 0 Å². The van der Waals surface area contributed by atoms with Gasteiger partial charge in [-0.25, -0.2) is 0 Å². The summed E-state index contributed by atoms with van der Waals surface area (Å²) < 4.78 is 0. The van der Waals surface area contributed by atoms with Crippen LogP contribution in [0, 0.1) is 0 Å². The maximum atomic E-state index is 4.74. The summed E-state index contributed by atoms with van der Waals surface area (Å²) in [7, 11) is 4.11. The number of rotatable bonds is 8. The van der Waals surface area contributed by atoms with Gasteiger partial charge in [-0.05, 0) is 48.7 Å². The third-order valence-electron chi connectivity index (χ3n) is 3.97. The standard InChI is InChI=1S/C21H28N2/c1-4-5-6-7-9-19-10-8-11-20(22-19)15-12-18-13-16-21(17-14-18)23(2)3/h8,10-17H,4-7,9H2,1-3H3/b15-12+. The first-order valence-corrected chi connectivity index (χ1v) is 8.60. The summed E-state index contributed by atoms with van der Waals surface area (Å²) in [5, 5.41) is 0. The quantitative estimate of drug-likeness (QED) is 0.604. The van der Waals surface area contributed by atoms with Crippen LogP contribution in [0.5, 0.6) is 0 Å². The summed E-state index contributed by atoms with van der Waals surface area (Å²) in [5.74, 6) is 0. The van der Waals surface area contributed by atoms with Crippen molar-refractivity contribution in [3.05, 3.63) is 59.4 Å². The average molecular weight is 308 g/mol. The van der Waals surface area contributed by atoms with Crippen molar-refractivity contribution in [2.75, 3.05) is 19.0 Å². The molecule has 0 unspecified atom stereocenters. The lowest BCUT2D eigenvalue weighted by atomic mass is 10.1. The summed E-state index contributed by atoms with van der Waals surface area (Å²) in [6, 6.07) is 14.9. The van der Waals surface area contributed by atoms with E-state index in [0.717, 1.165) is 12.1 Å². The molecule has 0 bridgehead atoms. The number of pyridine rings is 1. The summed E-state index contributed by atoms with van der Waals surface area (Å²) >= 11 is 0. The van der Waals surface area contributed by atoms with Crippen LogP contribution < -0.4 is 4.90 Å². The molecule has 0 radical (unpaired) electrons. The van der Waals surface area contributed by atoms with Crippen LogP contribution in [0.25, 0.3) is 12.2 Å². The van der Waals surface area contributed by atoms with Crippen LogP contribution in [-0.2, 0) is 6.42 Å². The van der Waals surface area contributed by atoms with E-state index in [1.165, 1.54) is 42.6 Å². The molecule has 2 aromatic rings. The van der Waals surface area contributed by atoms with Gasteiger partial charge in [0.2, 0.25) is 0 Å². The van der Waals surface area contributed by atoms with Gasteiger partial charge in [0.05, 0.1) is 5.69 Å². The molecule has 2 heteroatoms. The normalized spacial score (nSPS) is 11.1. The zero-order valence-corrected chi connectivity index (χ0v) is 14.6. The highest BCUT2D eigenvalue weighted by atomic mass is 15.1. The minimum Gasteiger partial charge on any atom is -0.378 e. The van der Waals surface area contributed by atoms with Crippen molar-refractivity contribution in [1.29, 1.82) is 0 Å². The van der Waals surface area contributed by atoms with Crippen LogP contribution in [0.2, 0.25) is 0 Å². The smallest absolute Gasteiger partial charge is 0.0633 e. The van der Waals surface area contributed by atoms with Crippen molar-refractivity contribution >= 4 is 17.8 Å². The number of aryl methyl sites for hydroxylation is 1. The highest BCUT2D eigenvalue weighted by Gasteiger charge is 1.97. The number of hydrogen-bond donors (Lipinski definition) is 0. The van der Waals surface area contributed by atoms with Gasteiger partial charge in [0, 0.05) is 25.5 Å². The Kier molecular flexibility index (Phi) is 6.86. The number of hydrogen-bond acceptors (Lipinski definition) is 2. The molecule has 23 heavy (non-hydrogen) atoms. The molecule has 0 amide bonds. The molecule has 1 heterocycles. The molecule has 0 saturated heterocycles. The summed E-state index contributed by atoms with van der Waals surface area (Å²) in [5.41, 5.74) is 4.65. The summed E-state index contributed by atoms with van der Waals surface area (Å²) in [6.07, 6.45) is 10.4. The summed E-state index contributed by atoms with van der Waals surface area (Å²) in [4.78, 5) is 6.84. The Hall–Kier alpha value is -2.09. The highest BCUT2D eigenvalue weighted by Crippen LogP contribution is 2.14. The van der Waals surface area contributed by atoms with Crippen LogP contribution in [0.3, 0.4) is 0 Å². The van der Waals surface area contributed by atoms with Crippen molar-refractivity contribution in [3.8, 4) is 0 Å². The molecule has 0 fully saturated rings.